The molecule has 0 aliphatic carbocycles. The highest BCUT2D eigenvalue weighted by Crippen LogP contribution is 2.33. The Hall–Kier alpha value is -0.570. The molecule has 3 nitrogen and oxygen atoms in total. The molecule has 3 heteroatoms. The third-order valence-corrected chi connectivity index (χ3v) is 2.87. The standard InChI is InChI=1S/C9H15NO2/c1-2-12-9(11)8-5-7-3-4-10(8)6-7/h7-8H,2-6H2,1H3. The van der Waals surface area contributed by atoms with Crippen LogP contribution in [0, 0.1) is 5.92 Å². The second-order valence-electron chi connectivity index (χ2n) is 3.65. The van der Waals surface area contributed by atoms with Gasteiger partial charge in [-0.2, -0.15) is 0 Å². The van der Waals surface area contributed by atoms with Gasteiger partial charge >= 0.3 is 5.97 Å². The largest absolute Gasteiger partial charge is 0.465 e. The summed E-state index contributed by atoms with van der Waals surface area (Å²) in [5, 5.41) is 0. The maximum absolute atomic E-state index is 11.4. The van der Waals surface area contributed by atoms with E-state index in [1.165, 1.54) is 6.42 Å². The second kappa shape index (κ2) is 3.05. The smallest absolute Gasteiger partial charge is 0.323 e. The van der Waals surface area contributed by atoms with Crippen molar-refractivity contribution in [1.82, 2.24) is 4.90 Å². The normalized spacial score (nSPS) is 38.6. The van der Waals surface area contributed by atoms with Crippen molar-refractivity contribution in [2.45, 2.75) is 25.8 Å². The van der Waals surface area contributed by atoms with Crippen LogP contribution in [-0.2, 0) is 9.53 Å². The van der Waals surface area contributed by atoms with Gasteiger partial charge in [-0.1, -0.05) is 0 Å². The van der Waals surface area contributed by atoms with Gasteiger partial charge < -0.3 is 4.74 Å². The van der Waals surface area contributed by atoms with Crippen molar-refractivity contribution in [3.63, 3.8) is 0 Å². The van der Waals surface area contributed by atoms with Crippen LogP contribution in [0.3, 0.4) is 0 Å². The van der Waals surface area contributed by atoms with E-state index in [0.717, 1.165) is 25.4 Å². The van der Waals surface area contributed by atoms with Gasteiger partial charge in [-0.25, -0.2) is 0 Å². The number of ether oxygens (including phenoxy) is 1. The molecule has 2 aliphatic rings. The molecule has 12 heavy (non-hydrogen) atoms. The van der Waals surface area contributed by atoms with Crippen molar-refractivity contribution >= 4 is 5.97 Å². The number of rotatable bonds is 2. The molecule has 2 saturated heterocycles. The fourth-order valence-corrected chi connectivity index (χ4v) is 2.29. The first-order valence-corrected chi connectivity index (χ1v) is 4.72. The molecule has 0 N–H and O–H groups in total. The van der Waals surface area contributed by atoms with Crippen molar-refractivity contribution in [2.24, 2.45) is 5.92 Å². The van der Waals surface area contributed by atoms with Gasteiger partial charge in [0.2, 0.25) is 0 Å². The van der Waals surface area contributed by atoms with E-state index in [4.69, 9.17) is 4.74 Å². The summed E-state index contributed by atoms with van der Waals surface area (Å²) in [7, 11) is 0. The van der Waals surface area contributed by atoms with Crippen LogP contribution in [0.5, 0.6) is 0 Å². The van der Waals surface area contributed by atoms with Crippen LogP contribution >= 0.6 is 0 Å². The molecule has 0 radical (unpaired) electrons. The lowest BCUT2D eigenvalue weighted by molar-refractivity contribution is -0.148. The number of nitrogens with zero attached hydrogens (tertiary/aromatic N) is 1. The molecule has 68 valence electrons. The molecule has 2 fully saturated rings. The Morgan fingerprint density at radius 3 is 3.00 bits per heavy atom. The van der Waals surface area contributed by atoms with Crippen LogP contribution in [0.15, 0.2) is 0 Å². The molecule has 0 saturated carbocycles. The topological polar surface area (TPSA) is 29.5 Å². The number of piperidine rings is 1. The van der Waals surface area contributed by atoms with Crippen molar-refractivity contribution in [3.8, 4) is 0 Å². The molecule has 0 amide bonds. The lowest BCUT2D eigenvalue weighted by Crippen LogP contribution is -2.37. The number of hydrogen-bond donors (Lipinski definition) is 0. The Morgan fingerprint density at radius 1 is 1.67 bits per heavy atom. The summed E-state index contributed by atoms with van der Waals surface area (Å²) in [6, 6.07) is 0.0868. The Labute approximate surface area is 72.7 Å². The molecule has 2 rings (SSSR count). The van der Waals surface area contributed by atoms with Crippen molar-refractivity contribution in [3.05, 3.63) is 0 Å². The Bertz CT molecular complexity index is 193. The molecule has 0 aromatic heterocycles. The second-order valence-corrected chi connectivity index (χ2v) is 3.65. The highest BCUT2D eigenvalue weighted by atomic mass is 16.5. The first-order chi connectivity index (χ1) is 5.81. The zero-order valence-corrected chi connectivity index (χ0v) is 7.45. The average Bonchev–Trinajstić information content (AvgIpc) is 2.64. The van der Waals surface area contributed by atoms with E-state index < -0.39 is 0 Å². The molecule has 0 aromatic carbocycles. The lowest BCUT2D eigenvalue weighted by Gasteiger charge is -2.22. The van der Waals surface area contributed by atoms with E-state index in [9.17, 15) is 4.79 Å². The molecule has 2 heterocycles. The van der Waals surface area contributed by atoms with Gasteiger partial charge in [-0.3, -0.25) is 9.69 Å². The molecular formula is C9H15NO2. The SMILES string of the molecule is CCOC(=O)C1CC2CCN1C2. The van der Waals surface area contributed by atoms with E-state index in [1.54, 1.807) is 0 Å². The van der Waals surface area contributed by atoms with E-state index >= 15 is 0 Å². The molecule has 3 unspecified atom stereocenters. The molecule has 0 aromatic rings. The van der Waals surface area contributed by atoms with E-state index in [0.29, 0.717) is 6.61 Å². The molecular weight excluding hydrogens is 154 g/mol. The summed E-state index contributed by atoms with van der Waals surface area (Å²) in [5.41, 5.74) is 0. The summed E-state index contributed by atoms with van der Waals surface area (Å²) in [6.07, 6.45) is 2.30. The van der Waals surface area contributed by atoms with Gasteiger partial charge in [-0.05, 0) is 32.2 Å². The third kappa shape index (κ3) is 1.22. The summed E-state index contributed by atoms with van der Waals surface area (Å²) >= 11 is 0. The van der Waals surface area contributed by atoms with Gasteiger partial charge in [0.05, 0.1) is 6.61 Å². The van der Waals surface area contributed by atoms with E-state index in [-0.39, 0.29) is 12.0 Å². The predicted octanol–water partition coefficient (Wildman–Crippen LogP) is 0.644. The van der Waals surface area contributed by atoms with Crippen LogP contribution in [0.4, 0.5) is 0 Å². The Morgan fingerprint density at radius 2 is 2.50 bits per heavy atom. The molecule has 3 atom stereocenters. The summed E-state index contributed by atoms with van der Waals surface area (Å²) in [6.45, 7) is 4.58. The zero-order chi connectivity index (χ0) is 8.55. The van der Waals surface area contributed by atoms with Crippen molar-refractivity contribution < 1.29 is 9.53 Å². The molecule has 0 spiro atoms. The summed E-state index contributed by atoms with van der Waals surface area (Å²) in [5.74, 6) is 0.749. The number of esters is 1. The summed E-state index contributed by atoms with van der Waals surface area (Å²) < 4.78 is 5.00. The maximum atomic E-state index is 11.4. The number of carbonyl (C=O) groups excluding carboxylic acids is 1. The van der Waals surface area contributed by atoms with E-state index in [2.05, 4.69) is 4.90 Å². The minimum atomic E-state index is -0.0142. The van der Waals surface area contributed by atoms with E-state index in [1.807, 2.05) is 6.92 Å². The number of carbonyl (C=O) groups is 1. The van der Waals surface area contributed by atoms with Gasteiger partial charge in [0.15, 0.2) is 0 Å². The quantitative estimate of drug-likeness (QED) is 0.568. The highest BCUT2D eigenvalue weighted by molar-refractivity contribution is 5.76. The van der Waals surface area contributed by atoms with Crippen molar-refractivity contribution in [2.75, 3.05) is 19.7 Å². The minimum absolute atomic E-state index is 0.0142. The van der Waals surface area contributed by atoms with Crippen LogP contribution in [0.1, 0.15) is 19.8 Å². The van der Waals surface area contributed by atoms with Gasteiger partial charge in [0, 0.05) is 6.54 Å². The fourth-order valence-electron chi connectivity index (χ4n) is 2.29. The lowest BCUT2D eigenvalue weighted by atomic mass is 10.0. The predicted molar refractivity (Wildman–Crippen MR) is 44.7 cm³/mol. The van der Waals surface area contributed by atoms with Crippen LogP contribution in [0.25, 0.3) is 0 Å². The minimum Gasteiger partial charge on any atom is -0.465 e. The summed E-state index contributed by atoms with van der Waals surface area (Å²) in [4.78, 5) is 13.6. The Balaban J connectivity index is 1.93. The van der Waals surface area contributed by atoms with Crippen LogP contribution in [0.2, 0.25) is 0 Å². The first-order valence-electron chi connectivity index (χ1n) is 4.72. The molecule has 2 bridgehead atoms. The van der Waals surface area contributed by atoms with Crippen LogP contribution < -0.4 is 0 Å². The Kier molecular flexibility index (Phi) is 2.05. The average molecular weight is 169 g/mol. The van der Waals surface area contributed by atoms with Crippen LogP contribution in [-0.4, -0.2) is 36.6 Å². The molecule has 2 aliphatic heterocycles. The monoisotopic (exact) mass is 169 g/mol. The number of hydrogen-bond acceptors (Lipinski definition) is 3. The fraction of sp³-hybridized carbons (Fsp3) is 0.889. The van der Waals surface area contributed by atoms with Gasteiger partial charge in [-0.15, -0.1) is 0 Å². The third-order valence-electron chi connectivity index (χ3n) is 2.87. The first kappa shape index (κ1) is 8.05. The van der Waals surface area contributed by atoms with Gasteiger partial charge in [0.1, 0.15) is 6.04 Å². The zero-order valence-electron chi connectivity index (χ0n) is 7.45. The maximum Gasteiger partial charge on any atom is 0.323 e. The van der Waals surface area contributed by atoms with Crippen molar-refractivity contribution in [1.29, 1.82) is 0 Å². The highest BCUT2D eigenvalue weighted by Gasteiger charge is 2.41. The number of fused-ring (bicyclic) bond motifs is 2. The van der Waals surface area contributed by atoms with Gasteiger partial charge in [0.25, 0.3) is 0 Å².